The van der Waals surface area contributed by atoms with Crippen LogP contribution in [0.2, 0.25) is 0 Å². The van der Waals surface area contributed by atoms with Gasteiger partial charge in [0, 0.05) is 24.0 Å². The number of ether oxygens (including phenoxy) is 1. The van der Waals surface area contributed by atoms with E-state index in [0.717, 1.165) is 16.5 Å². The van der Waals surface area contributed by atoms with Crippen LogP contribution in [-0.4, -0.2) is 27.2 Å². The van der Waals surface area contributed by atoms with Crippen molar-refractivity contribution < 1.29 is 9.84 Å². The Morgan fingerprint density at radius 2 is 1.90 bits per heavy atom. The van der Waals surface area contributed by atoms with Crippen LogP contribution < -0.4 is 4.74 Å². The zero-order valence-electron chi connectivity index (χ0n) is 10.9. The molecule has 0 spiro atoms. The second kappa shape index (κ2) is 5.22. The average molecular weight is 267 g/mol. The molecule has 1 unspecified atom stereocenters. The summed E-state index contributed by atoms with van der Waals surface area (Å²) in [6.45, 7) is 0. The Labute approximate surface area is 115 Å². The highest BCUT2D eigenvalue weighted by molar-refractivity contribution is 5.79. The lowest BCUT2D eigenvalue weighted by atomic mass is 10.0. The molecule has 20 heavy (non-hydrogen) atoms. The third-order valence-corrected chi connectivity index (χ3v) is 3.09. The molecule has 0 saturated heterocycles. The predicted octanol–water partition coefficient (Wildman–Crippen LogP) is 2.12. The molecule has 3 aromatic rings. The summed E-state index contributed by atoms with van der Waals surface area (Å²) in [6.07, 6.45) is 3.91. The van der Waals surface area contributed by atoms with Crippen LogP contribution in [0.5, 0.6) is 5.88 Å². The van der Waals surface area contributed by atoms with E-state index in [2.05, 4.69) is 15.0 Å². The Morgan fingerprint density at radius 1 is 1.05 bits per heavy atom. The number of aromatic nitrogens is 3. The SMILES string of the molecule is COc1nccnc1C(O)c1ccc2ncccc2c1. The van der Waals surface area contributed by atoms with E-state index in [9.17, 15) is 5.11 Å². The van der Waals surface area contributed by atoms with Crippen molar-refractivity contribution in [2.45, 2.75) is 6.10 Å². The van der Waals surface area contributed by atoms with Crippen LogP contribution in [0.1, 0.15) is 17.4 Å². The van der Waals surface area contributed by atoms with Gasteiger partial charge < -0.3 is 9.84 Å². The number of pyridine rings is 1. The normalized spacial score (nSPS) is 12.3. The Kier molecular flexibility index (Phi) is 3.26. The minimum atomic E-state index is -0.886. The maximum Gasteiger partial charge on any atom is 0.238 e. The molecular formula is C15H13N3O2. The molecule has 5 nitrogen and oxygen atoms in total. The molecular weight excluding hydrogens is 254 g/mol. The summed E-state index contributed by atoms with van der Waals surface area (Å²) >= 11 is 0. The first-order chi connectivity index (χ1) is 9.79. The third kappa shape index (κ3) is 2.19. The summed E-state index contributed by atoms with van der Waals surface area (Å²) in [7, 11) is 1.50. The lowest BCUT2D eigenvalue weighted by molar-refractivity contribution is 0.208. The molecule has 1 aromatic carbocycles. The molecule has 0 saturated carbocycles. The number of methoxy groups -OCH3 is 1. The van der Waals surface area contributed by atoms with Gasteiger partial charge in [-0.25, -0.2) is 4.98 Å². The number of hydrogen-bond donors (Lipinski definition) is 1. The highest BCUT2D eigenvalue weighted by atomic mass is 16.5. The highest BCUT2D eigenvalue weighted by Gasteiger charge is 2.18. The van der Waals surface area contributed by atoms with Gasteiger partial charge in [0.2, 0.25) is 5.88 Å². The molecule has 1 N–H and O–H groups in total. The van der Waals surface area contributed by atoms with Crippen molar-refractivity contribution in [2.24, 2.45) is 0 Å². The number of rotatable bonds is 3. The van der Waals surface area contributed by atoms with E-state index in [1.165, 1.54) is 19.5 Å². The van der Waals surface area contributed by atoms with Crippen molar-refractivity contribution in [3.05, 3.63) is 60.2 Å². The van der Waals surface area contributed by atoms with Crippen molar-refractivity contribution >= 4 is 10.9 Å². The molecule has 0 radical (unpaired) electrons. The van der Waals surface area contributed by atoms with Crippen molar-refractivity contribution in [3.63, 3.8) is 0 Å². The fourth-order valence-corrected chi connectivity index (χ4v) is 2.10. The van der Waals surface area contributed by atoms with Crippen LogP contribution in [-0.2, 0) is 0 Å². The van der Waals surface area contributed by atoms with Gasteiger partial charge in [0.25, 0.3) is 0 Å². The molecule has 0 amide bonds. The Bertz CT molecular complexity index is 746. The van der Waals surface area contributed by atoms with Crippen LogP contribution in [0.15, 0.2) is 48.9 Å². The molecule has 3 rings (SSSR count). The van der Waals surface area contributed by atoms with Crippen molar-refractivity contribution in [3.8, 4) is 5.88 Å². The van der Waals surface area contributed by atoms with E-state index >= 15 is 0 Å². The number of benzene rings is 1. The summed E-state index contributed by atoms with van der Waals surface area (Å²) in [5, 5.41) is 11.4. The van der Waals surface area contributed by atoms with Gasteiger partial charge in [-0.15, -0.1) is 0 Å². The maximum atomic E-state index is 10.5. The van der Waals surface area contributed by atoms with E-state index in [-0.39, 0.29) is 0 Å². The van der Waals surface area contributed by atoms with Crippen molar-refractivity contribution in [2.75, 3.05) is 7.11 Å². The number of aliphatic hydroxyl groups is 1. The summed E-state index contributed by atoms with van der Waals surface area (Å²) in [4.78, 5) is 12.5. The second-order valence-electron chi connectivity index (χ2n) is 4.31. The largest absolute Gasteiger partial charge is 0.480 e. The van der Waals surface area contributed by atoms with E-state index in [1.807, 2.05) is 30.3 Å². The standard InChI is InChI=1S/C15H13N3O2/c1-20-15-13(17-7-8-18-15)14(19)11-4-5-12-10(9-11)3-2-6-16-12/h2-9,14,19H,1H3. The molecule has 2 aromatic heterocycles. The fraction of sp³-hybridized carbons (Fsp3) is 0.133. The second-order valence-corrected chi connectivity index (χ2v) is 4.31. The van der Waals surface area contributed by atoms with E-state index in [0.29, 0.717) is 11.6 Å². The molecule has 0 bridgehead atoms. The summed E-state index contributed by atoms with van der Waals surface area (Å²) in [6, 6.07) is 9.40. The zero-order chi connectivity index (χ0) is 13.9. The minimum Gasteiger partial charge on any atom is -0.480 e. The molecule has 2 heterocycles. The third-order valence-electron chi connectivity index (χ3n) is 3.09. The van der Waals surface area contributed by atoms with Crippen LogP contribution in [0.4, 0.5) is 0 Å². The minimum absolute atomic E-state index is 0.325. The van der Waals surface area contributed by atoms with E-state index in [4.69, 9.17) is 4.74 Å². The summed E-state index contributed by atoms with van der Waals surface area (Å²) in [5.41, 5.74) is 2.01. The highest BCUT2D eigenvalue weighted by Crippen LogP contribution is 2.27. The van der Waals surface area contributed by atoms with Gasteiger partial charge in [0.15, 0.2) is 0 Å². The first kappa shape index (κ1) is 12.5. The lowest BCUT2D eigenvalue weighted by Crippen LogP contribution is -2.06. The quantitative estimate of drug-likeness (QED) is 0.787. The van der Waals surface area contributed by atoms with Gasteiger partial charge in [-0.1, -0.05) is 12.1 Å². The smallest absolute Gasteiger partial charge is 0.238 e. The molecule has 0 aliphatic rings. The molecule has 0 fully saturated rings. The van der Waals surface area contributed by atoms with Crippen LogP contribution in [0, 0.1) is 0 Å². The number of fused-ring (bicyclic) bond motifs is 1. The molecule has 1 atom stereocenters. The Morgan fingerprint density at radius 3 is 2.75 bits per heavy atom. The number of aliphatic hydroxyl groups excluding tert-OH is 1. The number of hydrogen-bond acceptors (Lipinski definition) is 5. The van der Waals surface area contributed by atoms with E-state index < -0.39 is 6.10 Å². The van der Waals surface area contributed by atoms with Crippen LogP contribution in [0.25, 0.3) is 10.9 Å². The average Bonchev–Trinajstić information content (AvgIpc) is 2.53. The lowest BCUT2D eigenvalue weighted by Gasteiger charge is -2.13. The molecule has 5 heteroatoms. The van der Waals surface area contributed by atoms with Crippen molar-refractivity contribution in [1.29, 1.82) is 0 Å². The summed E-state index contributed by atoms with van der Waals surface area (Å²) in [5.74, 6) is 0.325. The van der Waals surface area contributed by atoms with Gasteiger partial charge >= 0.3 is 0 Å². The fourth-order valence-electron chi connectivity index (χ4n) is 2.10. The van der Waals surface area contributed by atoms with Gasteiger partial charge in [0.1, 0.15) is 11.8 Å². The molecule has 100 valence electrons. The van der Waals surface area contributed by atoms with Crippen LogP contribution in [0.3, 0.4) is 0 Å². The zero-order valence-corrected chi connectivity index (χ0v) is 10.9. The van der Waals surface area contributed by atoms with Gasteiger partial charge in [-0.2, -0.15) is 0 Å². The summed E-state index contributed by atoms with van der Waals surface area (Å²) < 4.78 is 5.13. The van der Waals surface area contributed by atoms with Gasteiger partial charge in [-0.3, -0.25) is 9.97 Å². The predicted molar refractivity (Wildman–Crippen MR) is 74.4 cm³/mol. The number of nitrogens with zero attached hydrogens (tertiary/aromatic N) is 3. The monoisotopic (exact) mass is 267 g/mol. The van der Waals surface area contributed by atoms with Crippen LogP contribution >= 0.6 is 0 Å². The maximum absolute atomic E-state index is 10.5. The van der Waals surface area contributed by atoms with Crippen molar-refractivity contribution in [1.82, 2.24) is 15.0 Å². The first-order valence-corrected chi connectivity index (χ1v) is 6.17. The van der Waals surface area contributed by atoms with E-state index in [1.54, 1.807) is 6.20 Å². The Balaban J connectivity index is 2.05. The van der Waals surface area contributed by atoms with Gasteiger partial charge in [0.05, 0.1) is 12.6 Å². The molecule has 0 aliphatic heterocycles. The Hall–Kier alpha value is -2.53. The topological polar surface area (TPSA) is 68.1 Å². The molecule has 0 aliphatic carbocycles. The van der Waals surface area contributed by atoms with Gasteiger partial charge in [-0.05, 0) is 23.8 Å². The first-order valence-electron chi connectivity index (χ1n) is 6.17.